The lowest BCUT2D eigenvalue weighted by Gasteiger charge is -2.34. The number of piperazine rings is 1. The quantitative estimate of drug-likeness (QED) is 0.483. The van der Waals surface area contributed by atoms with Gasteiger partial charge in [0, 0.05) is 26.2 Å². The number of carbonyl (C=O) groups excluding carboxylic acids is 1. The largest absolute Gasteiger partial charge is 0.345 e. The lowest BCUT2D eigenvalue weighted by Crippen LogP contribution is -2.48. The SMILES string of the molecule is Cc1cc(C)c2sc(N3CCN(C(=O)c4cnn(-c5ccccc5)c4C)CC3)nc2c1. The zero-order chi connectivity index (χ0) is 21.5. The maximum absolute atomic E-state index is 13.2. The summed E-state index contributed by atoms with van der Waals surface area (Å²) in [4.78, 5) is 22.3. The summed E-state index contributed by atoms with van der Waals surface area (Å²) in [6.07, 6.45) is 1.69. The highest BCUT2D eigenvalue weighted by Gasteiger charge is 2.26. The summed E-state index contributed by atoms with van der Waals surface area (Å²) in [5.74, 6) is 0.0510. The van der Waals surface area contributed by atoms with Gasteiger partial charge in [0.15, 0.2) is 5.13 Å². The highest BCUT2D eigenvalue weighted by atomic mass is 32.1. The fraction of sp³-hybridized carbons (Fsp3) is 0.292. The Balaban J connectivity index is 1.30. The Bertz CT molecular complexity index is 1250. The summed E-state index contributed by atoms with van der Waals surface area (Å²) >= 11 is 1.75. The Hall–Kier alpha value is -3.19. The molecule has 158 valence electrons. The van der Waals surface area contributed by atoms with Crippen LogP contribution < -0.4 is 4.90 Å². The van der Waals surface area contributed by atoms with E-state index in [9.17, 15) is 4.79 Å². The van der Waals surface area contributed by atoms with Gasteiger partial charge in [-0.1, -0.05) is 35.6 Å². The molecule has 0 spiro atoms. The van der Waals surface area contributed by atoms with Gasteiger partial charge in [-0.05, 0) is 50.1 Å². The number of hydrogen-bond donors (Lipinski definition) is 0. The van der Waals surface area contributed by atoms with E-state index in [1.807, 2.05) is 46.8 Å². The van der Waals surface area contributed by atoms with E-state index in [1.54, 1.807) is 17.5 Å². The molecule has 1 amide bonds. The third-order valence-electron chi connectivity index (χ3n) is 5.89. The number of anilines is 1. The second-order valence-corrected chi connectivity index (χ2v) is 9.07. The molecule has 2 aromatic heterocycles. The van der Waals surface area contributed by atoms with E-state index in [2.05, 4.69) is 36.0 Å². The molecular formula is C24H25N5OS. The minimum atomic E-state index is 0.0510. The summed E-state index contributed by atoms with van der Waals surface area (Å²) in [6, 6.07) is 14.3. The van der Waals surface area contributed by atoms with Crippen molar-refractivity contribution in [1.29, 1.82) is 0 Å². The van der Waals surface area contributed by atoms with Crippen molar-refractivity contribution in [2.24, 2.45) is 0 Å². The molecule has 3 heterocycles. The maximum Gasteiger partial charge on any atom is 0.257 e. The van der Waals surface area contributed by atoms with Gasteiger partial charge in [-0.2, -0.15) is 5.10 Å². The highest BCUT2D eigenvalue weighted by Crippen LogP contribution is 2.32. The van der Waals surface area contributed by atoms with Crippen LogP contribution in [0.4, 0.5) is 5.13 Å². The number of amides is 1. The number of fused-ring (bicyclic) bond motifs is 1. The fourth-order valence-corrected chi connectivity index (χ4v) is 5.29. The van der Waals surface area contributed by atoms with Gasteiger partial charge in [-0.25, -0.2) is 9.67 Å². The highest BCUT2D eigenvalue weighted by molar-refractivity contribution is 7.22. The molecule has 2 aromatic carbocycles. The number of hydrogen-bond acceptors (Lipinski definition) is 5. The molecule has 1 saturated heterocycles. The molecule has 0 saturated carbocycles. The van der Waals surface area contributed by atoms with Crippen LogP contribution in [-0.4, -0.2) is 51.8 Å². The number of aromatic nitrogens is 3. The van der Waals surface area contributed by atoms with Crippen molar-refractivity contribution in [2.75, 3.05) is 31.1 Å². The van der Waals surface area contributed by atoms with Crippen LogP contribution in [0.25, 0.3) is 15.9 Å². The number of nitrogens with zero attached hydrogens (tertiary/aromatic N) is 5. The molecule has 0 radical (unpaired) electrons. The minimum Gasteiger partial charge on any atom is -0.345 e. The van der Waals surface area contributed by atoms with Crippen LogP contribution in [0.2, 0.25) is 0 Å². The maximum atomic E-state index is 13.2. The molecule has 4 aromatic rings. The van der Waals surface area contributed by atoms with Gasteiger partial charge in [0.2, 0.25) is 0 Å². The average Bonchev–Trinajstić information content (AvgIpc) is 3.38. The monoisotopic (exact) mass is 431 g/mol. The van der Waals surface area contributed by atoms with E-state index in [4.69, 9.17) is 4.98 Å². The Morgan fingerprint density at radius 3 is 2.48 bits per heavy atom. The molecule has 0 N–H and O–H groups in total. The molecular weight excluding hydrogens is 406 g/mol. The molecule has 0 atom stereocenters. The number of carbonyl (C=O) groups is 1. The van der Waals surface area contributed by atoms with E-state index in [-0.39, 0.29) is 5.91 Å². The Labute approximate surface area is 185 Å². The summed E-state index contributed by atoms with van der Waals surface area (Å²) in [5, 5.41) is 5.50. The van der Waals surface area contributed by atoms with E-state index in [0.29, 0.717) is 18.7 Å². The molecule has 31 heavy (non-hydrogen) atoms. The van der Waals surface area contributed by atoms with Gasteiger partial charge < -0.3 is 9.80 Å². The van der Waals surface area contributed by atoms with Crippen LogP contribution in [0.1, 0.15) is 27.2 Å². The van der Waals surface area contributed by atoms with Gasteiger partial charge in [-0.15, -0.1) is 0 Å². The summed E-state index contributed by atoms with van der Waals surface area (Å²) in [6.45, 7) is 9.15. The van der Waals surface area contributed by atoms with Crippen LogP contribution >= 0.6 is 11.3 Å². The molecule has 0 bridgehead atoms. The lowest BCUT2D eigenvalue weighted by atomic mass is 10.1. The molecule has 1 aliphatic heterocycles. The van der Waals surface area contributed by atoms with Crippen LogP contribution in [0.3, 0.4) is 0 Å². The molecule has 6 nitrogen and oxygen atoms in total. The van der Waals surface area contributed by atoms with Crippen molar-refractivity contribution in [3.05, 3.63) is 71.0 Å². The topological polar surface area (TPSA) is 54.3 Å². The Morgan fingerprint density at radius 1 is 1.00 bits per heavy atom. The minimum absolute atomic E-state index is 0.0510. The number of thiazole rings is 1. The number of benzene rings is 2. The van der Waals surface area contributed by atoms with Gasteiger partial charge in [-0.3, -0.25) is 4.79 Å². The van der Waals surface area contributed by atoms with Gasteiger partial charge in [0.05, 0.1) is 33.4 Å². The molecule has 1 aliphatic rings. The standard InChI is InChI=1S/C24H25N5OS/c1-16-13-17(2)22-21(14-16)26-24(31-22)28-11-9-27(10-12-28)23(30)20-15-25-29(18(20)3)19-7-5-4-6-8-19/h4-8,13-15H,9-12H2,1-3H3. The number of aryl methyl sites for hydroxylation is 2. The Morgan fingerprint density at radius 2 is 1.74 bits per heavy atom. The van der Waals surface area contributed by atoms with Gasteiger partial charge >= 0.3 is 0 Å². The lowest BCUT2D eigenvalue weighted by molar-refractivity contribution is 0.0746. The van der Waals surface area contributed by atoms with Crippen molar-refractivity contribution in [3.8, 4) is 5.69 Å². The summed E-state index contributed by atoms with van der Waals surface area (Å²) < 4.78 is 3.08. The molecule has 0 unspecified atom stereocenters. The first kappa shape index (κ1) is 19.8. The van der Waals surface area contributed by atoms with Gasteiger partial charge in [0.1, 0.15) is 0 Å². The zero-order valence-corrected chi connectivity index (χ0v) is 18.8. The predicted molar refractivity (Wildman–Crippen MR) is 126 cm³/mol. The number of para-hydroxylation sites is 1. The summed E-state index contributed by atoms with van der Waals surface area (Å²) in [7, 11) is 0. The smallest absolute Gasteiger partial charge is 0.257 e. The van der Waals surface area contributed by atoms with Crippen LogP contribution in [0.5, 0.6) is 0 Å². The van der Waals surface area contributed by atoms with Crippen LogP contribution in [0.15, 0.2) is 48.7 Å². The third kappa shape index (κ3) is 3.59. The number of rotatable bonds is 3. The van der Waals surface area contributed by atoms with Crippen molar-refractivity contribution in [2.45, 2.75) is 20.8 Å². The van der Waals surface area contributed by atoms with Crippen molar-refractivity contribution >= 4 is 32.6 Å². The molecule has 5 rings (SSSR count). The Kier molecular flexibility index (Phi) is 4.98. The molecule has 7 heteroatoms. The van der Waals surface area contributed by atoms with Crippen molar-refractivity contribution in [3.63, 3.8) is 0 Å². The fourth-order valence-electron chi connectivity index (χ4n) is 4.22. The average molecular weight is 432 g/mol. The van der Waals surface area contributed by atoms with E-state index >= 15 is 0 Å². The van der Waals surface area contributed by atoms with Crippen LogP contribution in [0, 0.1) is 20.8 Å². The van der Waals surface area contributed by atoms with E-state index in [1.165, 1.54) is 15.8 Å². The van der Waals surface area contributed by atoms with Crippen molar-refractivity contribution < 1.29 is 4.79 Å². The normalized spacial score (nSPS) is 14.4. The third-order valence-corrected chi connectivity index (χ3v) is 7.15. The second-order valence-electron chi connectivity index (χ2n) is 8.10. The van der Waals surface area contributed by atoms with E-state index < -0.39 is 0 Å². The first-order valence-corrected chi connectivity index (χ1v) is 11.3. The predicted octanol–water partition coefficient (Wildman–Crippen LogP) is 4.37. The van der Waals surface area contributed by atoms with Gasteiger partial charge in [0.25, 0.3) is 5.91 Å². The molecule has 0 aliphatic carbocycles. The zero-order valence-electron chi connectivity index (χ0n) is 18.0. The summed E-state index contributed by atoms with van der Waals surface area (Å²) in [5.41, 5.74) is 6.09. The first-order valence-electron chi connectivity index (χ1n) is 10.5. The van der Waals surface area contributed by atoms with Crippen molar-refractivity contribution in [1.82, 2.24) is 19.7 Å². The first-order chi connectivity index (χ1) is 15.0. The molecule has 1 fully saturated rings. The van der Waals surface area contributed by atoms with Crippen LogP contribution in [-0.2, 0) is 0 Å². The van der Waals surface area contributed by atoms with E-state index in [0.717, 1.165) is 35.1 Å². The second kappa shape index (κ2) is 7.81.